The van der Waals surface area contributed by atoms with Crippen molar-refractivity contribution in [2.24, 2.45) is 5.84 Å². The molecule has 0 fully saturated rings. The minimum absolute atomic E-state index is 0.00597. The van der Waals surface area contributed by atoms with E-state index in [1.807, 2.05) is 6.07 Å². The molecule has 0 aliphatic carbocycles. The maximum absolute atomic E-state index is 5.47. The molecule has 1 aromatic heterocycles. The van der Waals surface area contributed by atoms with Gasteiger partial charge in [-0.2, -0.15) is 5.10 Å². The Labute approximate surface area is 95.1 Å². The summed E-state index contributed by atoms with van der Waals surface area (Å²) in [7, 11) is 3.24. The Morgan fingerprint density at radius 2 is 2.19 bits per heavy atom. The number of hydrogen-bond donors (Lipinski definition) is 2. The van der Waals surface area contributed by atoms with E-state index in [0.717, 1.165) is 18.5 Å². The number of nitrogens with two attached hydrogens (primary N) is 1. The first-order chi connectivity index (χ1) is 7.81. The topological polar surface area (TPSA) is 82.3 Å². The van der Waals surface area contributed by atoms with E-state index in [9.17, 15) is 0 Å². The fourth-order valence-electron chi connectivity index (χ4n) is 1.37. The number of nitrogens with one attached hydrogen (secondary N) is 1. The quantitative estimate of drug-likeness (QED) is 0.398. The maximum atomic E-state index is 5.47. The van der Waals surface area contributed by atoms with E-state index >= 15 is 0 Å². The molecule has 1 rings (SSSR count). The van der Waals surface area contributed by atoms with Crippen molar-refractivity contribution < 1.29 is 9.47 Å². The molecule has 0 spiro atoms. The van der Waals surface area contributed by atoms with E-state index in [0.29, 0.717) is 12.5 Å². The molecule has 1 unspecified atom stereocenters. The lowest BCUT2D eigenvalue weighted by Gasteiger charge is -2.14. The van der Waals surface area contributed by atoms with Crippen LogP contribution in [0.3, 0.4) is 0 Å². The SMILES string of the molecule is COCCCC(NN)c1ccc(OC)nn1. The molecule has 0 aliphatic heterocycles. The summed E-state index contributed by atoms with van der Waals surface area (Å²) < 4.78 is 9.92. The Morgan fingerprint density at radius 1 is 1.38 bits per heavy atom. The van der Waals surface area contributed by atoms with Crippen LogP contribution in [0.2, 0.25) is 0 Å². The summed E-state index contributed by atoms with van der Waals surface area (Å²) in [5.41, 5.74) is 3.52. The summed E-state index contributed by atoms with van der Waals surface area (Å²) in [6.45, 7) is 0.710. The zero-order valence-electron chi connectivity index (χ0n) is 9.64. The zero-order valence-corrected chi connectivity index (χ0v) is 9.64. The van der Waals surface area contributed by atoms with Crippen molar-refractivity contribution in [1.29, 1.82) is 0 Å². The van der Waals surface area contributed by atoms with Crippen molar-refractivity contribution in [3.8, 4) is 5.88 Å². The third-order valence-corrected chi connectivity index (χ3v) is 2.27. The van der Waals surface area contributed by atoms with Crippen molar-refractivity contribution >= 4 is 0 Å². The highest BCUT2D eigenvalue weighted by Gasteiger charge is 2.11. The Bertz CT molecular complexity index is 291. The lowest BCUT2D eigenvalue weighted by Crippen LogP contribution is -2.29. The minimum Gasteiger partial charge on any atom is -0.480 e. The molecule has 0 amide bonds. The van der Waals surface area contributed by atoms with Gasteiger partial charge in [0.2, 0.25) is 5.88 Å². The van der Waals surface area contributed by atoms with Gasteiger partial charge in [-0.25, -0.2) is 0 Å². The highest BCUT2D eigenvalue weighted by molar-refractivity contribution is 5.13. The molecule has 6 heteroatoms. The summed E-state index contributed by atoms with van der Waals surface area (Å²) >= 11 is 0. The molecule has 0 bridgehead atoms. The lowest BCUT2D eigenvalue weighted by molar-refractivity contribution is 0.188. The van der Waals surface area contributed by atoms with Crippen molar-refractivity contribution in [3.63, 3.8) is 0 Å². The molecule has 0 saturated heterocycles. The standard InChI is InChI=1S/C10H18N4O2/c1-15-7-3-4-8(12-11)9-5-6-10(16-2)14-13-9/h5-6,8,12H,3-4,7,11H2,1-2H3. The van der Waals surface area contributed by atoms with Crippen LogP contribution in [-0.4, -0.2) is 31.0 Å². The zero-order chi connectivity index (χ0) is 11.8. The molecule has 1 heterocycles. The average Bonchev–Trinajstić information content (AvgIpc) is 2.35. The third kappa shape index (κ3) is 3.73. The fraction of sp³-hybridized carbons (Fsp3) is 0.600. The van der Waals surface area contributed by atoms with Crippen LogP contribution in [0.1, 0.15) is 24.6 Å². The molecular weight excluding hydrogens is 208 g/mol. The maximum Gasteiger partial charge on any atom is 0.233 e. The smallest absolute Gasteiger partial charge is 0.233 e. The molecule has 0 saturated carbocycles. The van der Waals surface area contributed by atoms with Crippen LogP contribution in [0.25, 0.3) is 0 Å². The first kappa shape index (κ1) is 12.8. The van der Waals surface area contributed by atoms with Crippen molar-refractivity contribution in [2.45, 2.75) is 18.9 Å². The Hall–Kier alpha value is -1.24. The molecule has 1 aromatic rings. The predicted octanol–water partition coefficient (Wildman–Crippen LogP) is 0.416. The van der Waals surface area contributed by atoms with Gasteiger partial charge in [-0.1, -0.05) is 0 Å². The normalized spacial score (nSPS) is 12.4. The minimum atomic E-state index is -0.00597. The van der Waals surface area contributed by atoms with Crippen LogP contribution >= 0.6 is 0 Å². The van der Waals surface area contributed by atoms with E-state index in [2.05, 4.69) is 15.6 Å². The van der Waals surface area contributed by atoms with Crippen LogP contribution in [-0.2, 0) is 4.74 Å². The van der Waals surface area contributed by atoms with Gasteiger partial charge in [-0.05, 0) is 18.9 Å². The van der Waals surface area contributed by atoms with Crippen LogP contribution in [0.4, 0.5) is 0 Å². The second kappa shape index (κ2) is 7.10. The van der Waals surface area contributed by atoms with Gasteiger partial charge in [0, 0.05) is 19.8 Å². The molecule has 0 radical (unpaired) electrons. The fourth-order valence-corrected chi connectivity index (χ4v) is 1.37. The van der Waals surface area contributed by atoms with E-state index in [1.165, 1.54) is 0 Å². The van der Waals surface area contributed by atoms with Gasteiger partial charge in [0.05, 0.1) is 18.8 Å². The highest BCUT2D eigenvalue weighted by Crippen LogP contribution is 2.16. The van der Waals surface area contributed by atoms with Gasteiger partial charge in [-0.3, -0.25) is 11.3 Å². The largest absolute Gasteiger partial charge is 0.480 e. The molecule has 90 valence electrons. The number of ether oxygens (including phenoxy) is 2. The third-order valence-electron chi connectivity index (χ3n) is 2.27. The first-order valence-electron chi connectivity index (χ1n) is 5.14. The van der Waals surface area contributed by atoms with Gasteiger partial charge in [0.15, 0.2) is 0 Å². The molecule has 16 heavy (non-hydrogen) atoms. The predicted molar refractivity (Wildman–Crippen MR) is 59.8 cm³/mol. The van der Waals surface area contributed by atoms with E-state index in [4.69, 9.17) is 15.3 Å². The molecule has 6 nitrogen and oxygen atoms in total. The summed E-state index contributed by atoms with van der Waals surface area (Å²) in [5, 5.41) is 7.94. The highest BCUT2D eigenvalue weighted by atomic mass is 16.5. The van der Waals surface area contributed by atoms with E-state index < -0.39 is 0 Å². The van der Waals surface area contributed by atoms with E-state index in [1.54, 1.807) is 20.3 Å². The molecule has 3 N–H and O–H groups in total. The number of hydrogen-bond acceptors (Lipinski definition) is 6. The van der Waals surface area contributed by atoms with Crippen molar-refractivity contribution in [1.82, 2.24) is 15.6 Å². The monoisotopic (exact) mass is 226 g/mol. The number of hydrazine groups is 1. The van der Waals surface area contributed by atoms with Gasteiger partial charge in [0.1, 0.15) is 0 Å². The second-order valence-electron chi connectivity index (χ2n) is 3.35. The first-order valence-corrected chi connectivity index (χ1v) is 5.14. The number of rotatable bonds is 7. The Balaban J connectivity index is 2.56. The van der Waals surface area contributed by atoms with Gasteiger partial charge in [0.25, 0.3) is 0 Å². The molecular formula is C10H18N4O2. The van der Waals surface area contributed by atoms with Crippen LogP contribution < -0.4 is 16.0 Å². The second-order valence-corrected chi connectivity index (χ2v) is 3.35. The van der Waals surface area contributed by atoms with Crippen LogP contribution in [0.15, 0.2) is 12.1 Å². The van der Waals surface area contributed by atoms with Crippen molar-refractivity contribution in [2.75, 3.05) is 20.8 Å². The molecule has 0 aromatic carbocycles. The summed E-state index contributed by atoms with van der Waals surface area (Å²) in [5.74, 6) is 5.96. The number of methoxy groups -OCH3 is 2. The summed E-state index contributed by atoms with van der Waals surface area (Å²) in [6.07, 6.45) is 1.77. The van der Waals surface area contributed by atoms with Gasteiger partial charge < -0.3 is 9.47 Å². The van der Waals surface area contributed by atoms with Gasteiger partial charge >= 0.3 is 0 Å². The van der Waals surface area contributed by atoms with Gasteiger partial charge in [-0.15, -0.1) is 5.10 Å². The Kier molecular flexibility index (Phi) is 5.69. The Morgan fingerprint density at radius 3 is 2.69 bits per heavy atom. The van der Waals surface area contributed by atoms with Crippen LogP contribution in [0, 0.1) is 0 Å². The molecule has 1 atom stereocenters. The number of aromatic nitrogens is 2. The lowest BCUT2D eigenvalue weighted by atomic mass is 10.1. The number of nitrogens with zero attached hydrogens (tertiary/aromatic N) is 2. The molecule has 0 aliphatic rings. The average molecular weight is 226 g/mol. The summed E-state index contributed by atoms with van der Waals surface area (Å²) in [6, 6.07) is 3.61. The van der Waals surface area contributed by atoms with E-state index in [-0.39, 0.29) is 6.04 Å². The summed E-state index contributed by atoms with van der Waals surface area (Å²) in [4.78, 5) is 0. The van der Waals surface area contributed by atoms with Crippen molar-refractivity contribution in [3.05, 3.63) is 17.8 Å². The van der Waals surface area contributed by atoms with Crippen LogP contribution in [0.5, 0.6) is 5.88 Å².